The SMILES string of the molecule is CC[C@@H](NC(=O)[C@@H](C)Oc1cccc(Cl)c1)c1ccccc1. The molecule has 0 spiro atoms. The van der Waals surface area contributed by atoms with E-state index in [2.05, 4.69) is 5.32 Å². The molecule has 0 saturated carbocycles. The van der Waals surface area contributed by atoms with Gasteiger partial charge in [0.2, 0.25) is 0 Å². The second kappa shape index (κ2) is 7.85. The van der Waals surface area contributed by atoms with Crippen molar-refractivity contribution in [2.75, 3.05) is 0 Å². The summed E-state index contributed by atoms with van der Waals surface area (Å²) in [4.78, 5) is 12.3. The molecule has 2 aromatic carbocycles. The second-order valence-electron chi connectivity index (χ2n) is 5.10. The number of nitrogens with one attached hydrogen (secondary N) is 1. The van der Waals surface area contributed by atoms with Crippen molar-refractivity contribution in [2.24, 2.45) is 0 Å². The number of amides is 1. The molecule has 0 fully saturated rings. The van der Waals surface area contributed by atoms with E-state index in [9.17, 15) is 4.79 Å². The number of carbonyl (C=O) groups excluding carboxylic acids is 1. The van der Waals surface area contributed by atoms with Crippen LogP contribution in [0.1, 0.15) is 31.9 Å². The molecule has 1 amide bonds. The highest BCUT2D eigenvalue weighted by Gasteiger charge is 2.19. The second-order valence-corrected chi connectivity index (χ2v) is 5.53. The maximum absolute atomic E-state index is 12.3. The highest BCUT2D eigenvalue weighted by molar-refractivity contribution is 6.30. The minimum Gasteiger partial charge on any atom is -0.481 e. The van der Waals surface area contributed by atoms with Crippen molar-refractivity contribution in [3.8, 4) is 5.75 Å². The molecule has 0 aromatic heterocycles. The fourth-order valence-corrected chi connectivity index (χ4v) is 2.37. The van der Waals surface area contributed by atoms with Gasteiger partial charge < -0.3 is 10.1 Å². The predicted octanol–water partition coefficient (Wildman–Crippen LogP) is 4.37. The number of ether oxygens (including phenoxy) is 1. The van der Waals surface area contributed by atoms with Gasteiger partial charge in [-0.05, 0) is 37.1 Å². The van der Waals surface area contributed by atoms with Crippen LogP contribution < -0.4 is 10.1 Å². The number of benzene rings is 2. The van der Waals surface area contributed by atoms with Crippen LogP contribution >= 0.6 is 11.6 Å². The van der Waals surface area contributed by atoms with Crippen molar-refractivity contribution in [2.45, 2.75) is 32.4 Å². The Balaban J connectivity index is 1.98. The third kappa shape index (κ3) is 4.50. The van der Waals surface area contributed by atoms with E-state index < -0.39 is 6.10 Å². The number of rotatable bonds is 6. The lowest BCUT2D eigenvalue weighted by Gasteiger charge is -2.21. The minimum absolute atomic E-state index is 0.0147. The van der Waals surface area contributed by atoms with Gasteiger partial charge in [-0.1, -0.05) is 54.9 Å². The number of hydrogen-bond donors (Lipinski definition) is 1. The molecule has 2 rings (SSSR count). The number of carbonyl (C=O) groups is 1. The van der Waals surface area contributed by atoms with Crippen LogP contribution in [0.25, 0.3) is 0 Å². The number of hydrogen-bond acceptors (Lipinski definition) is 2. The lowest BCUT2D eigenvalue weighted by atomic mass is 10.0. The lowest BCUT2D eigenvalue weighted by Crippen LogP contribution is -2.38. The molecule has 4 heteroatoms. The van der Waals surface area contributed by atoms with Crippen molar-refractivity contribution in [3.05, 3.63) is 65.2 Å². The average Bonchev–Trinajstić information content (AvgIpc) is 2.53. The molecule has 3 nitrogen and oxygen atoms in total. The highest BCUT2D eigenvalue weighted by Crippen LogP contribution is 2.19. The summed E-state index contributed by atoms with van der Waals surface area (Å²) in [6.07, 6.45) is 0.232. The Morgan fingerprint density at radius 1 is 1.18 bits per heavy atom. The normalized spacial score (nSPS) is 13.2. The first kappa shape index (κ1) is 16.4. The van der Waals surface area contributed by atoms with Gasteiger partial charge in [-0.15, -0.1) is 0 Å². The third-order valence-electron chi connectivity index (χ3n) is 3.40. The monoisotopic (exact) mass is 317 g/mol. The zero-order chi connectivity index (χ0) is 15.9. The summed E-state index contributed by atoms with van der Waals surface area (Å²) in [5, 5.41) is 3.60. The Hall–Kier alpha value is -2.00. The Bertz CT molecular complexity index is 615. The minimum atomic E-state index is -0.587. The fraction of sp³-hybridized carbons (Fsp3) is 0.278. The largest absolute Gasteiger partial charge is 0.481 e. The van der Waals surface area contributed by atoms with Gasteiger partial charge in [0.1, 0.15) is 5.75 Å². The van der Waals surface area contributed by atoms with Crippen LogP contribution in [-0.2, 0) is 4.79 Å². The molecule has 0 heterocycles. The van der Waals surface area contributed by atoms with E-state index in [0.717, 1.165) is 12.0 Å². The van der Waals surface area contributed by atoms with E-state index in [-0.39, 0.29) is 11.9 Å². The molecule has 0 aliphatic carbocycles. The van der Waals surface area contributed by atoms with Gasteiger partial charge >= 0.3 is 0 Å². The van der Waals surface area contributed by atoms with Crippen molar-refractivity contribution >= 4 is 17.5 Å². The Morgan fingerprint density at radius 2 is 1.91 bits per heavy atom. The van der Waals surface area contributed by atoms with Gasteiger partial charge in [0, 0.05) is 5.02 Å². The molecule has 0 unspecified atom stereocenters. The van der Waals surface area contributed by atoms with Crippen molar-refractivity contribution < 1.29 is 9.53 Å². The van der Waals surface area contributed by atoms with E-state index in [1.54, 1.807) is 31.2 Å². The van der Waals surface area contributed by atoms with Gasteiger partial charge in [0.15, 0.2) is 6.10 Å². The summed E-state index contributed by atoms with van der Waals surface area (Å²) >= 11 is 5.91. The first-order chi connectivity index (χ1) is 10.6. The van der Waals surface area contributed by atoms with Crippen LogP contribution in [0.4, 0.5) is 0 Å². The van der Waals surface area contributed by atoms with Crippen LogP contribution in [0.5, 0.6) is 5.75 Å². The van der Waals surface area contributed by atoms with Crippen molar-refractivity contribution in [1.82, 2.24) is 5.32 Å². The van der Waals surface area contributed by atoms with E-state index in [0.29, 0.717) is 10.8 Å². The molecular weight excluding hydrogens is 298 g/mol. The van der Waals surface area contributed by atoms with E-state index in [1.165, 1.54) is 0 Å². The van der Waals surface area contributed by atoms with Crippen molar-refractivity contribution in [3.63, 3.8) is 0 Å². The first-order valence-electron chi connectivity index (χ1n) is 7.37. The van der Waals surface area contributed by atoms with Crippen LogP contribution in [0, 0.1) is 0 Å². The maximum Gasteiger partial charge on any atom is 0.261 e. The lowest BCUT2D eigenvalue weighted by molar-refractivity contribution is -0.128. The smallest absolute Gasteiger partial charge is 0.261 e. The Morgan fingerprint density at radius 3 is 2.55 bits per heavy atom. The average molecular weight is 318 g/mol. The molecule has 22 heavy (non-hydrogen) atoms. The Labute approximate surface area is 136 Å². The molecule has 116 valence electrons. The molecule has 0 saturated heterocycles. The summed E-state index contributed by atoms with van der Waals surface area (Å²) in [7, 11) is 0. The molecule has 0 aliphatic rings. The van der Waals surface area contributed by atoms with Gasteiger partial charge in [0.25, 0.3) is 5.91 Å². The first-order valence-corrected chi connectivity index (χ1v) is 7.75. The molecular formula is C18H20ClNO2. The maximum atomic E-state index is 12.3. The molecule has 2 aromatic rings. The molecule has 2 atom stereocenters. The van der Waals surface area contributed by atoms with Gasteiger partial charge in [0.05, 0.1) is 6.04 Å². The van der Waals surface area contributed by atoms with E-state index >= 15 is 0 Å². The summed E-state index contributed by atoms with van der Waals surface area (Å²) in [5.74, 6) is 0.443. The van der Waals surface area contributed by atoms with Gasteiger partial charge in [-0.25, -0.2) is 0 Å². The summed E-state index contributed by atoms with van der Waals surface area (Å²) in [5.41, 5.74) is 1.09. The van der Waals surface area contributed by atoms with Gasteiger partial charge in [-0.2, -0.15) is 0 Å². The zero-order valence-electron chi connectivity index (χ0n) is 12.8. The molecule has 0 bridgehead atoms. The van der Waals surface area contributed by atoms with Gasteiger partial charge in [-0.3, -0.25) is 4.79 Å². The molecule has 1 N–H and O–H groups in total. The zero-order valence-corrected chi connectivity index (χ0v) is 13.5. The quantitative estimate of drug-likeness (QED) is 0.859. The van der Waals surface area contributed by atoms with Crippen LogP contribution in [0.3, 0.4) is 0 Å². The highest BCUT2D eigenvalue weighted by atomic mass is 35.5. The third-order valence-corrected chi connectivity index (χ3v) is 3.64. The van der Waals surface area contributed by atoms with Crippen LogP contribution in [-0.4, -0.2) is 12.0 Å². The summed E-state index contributed by atoms with van der Waals surface area (Å²) in [6.45, 7) is 3.77. The van der Waals surface area contributed by atoms with Crippen LogP contribution in [0.15, 0.2) is 54.6 Å². The standard InChI is InChI=1S/C18H20ClNO2/c1-3-17(14-8-5-4-6-9-14)20-18(21)13(2)22-16-11-7-10-15(19)12-16/h4-13,17H,3H2,1-2H3,(H,20,21)/t13-,17-/m1/s1. The molecule has 0 aliphatic heterocycles. The topological polar surface area (TPSA) is 38.3 Å². The summed E-state index contributed by atoms with van der Waals surface area (Å²) < 4.78 is 5.64. The number of halogens is 1. The molecule has 0 radical (unpaired) electrons. The Kier molecular flexibility index (Phi) is 5.84. The van der Waals surface area contributed by atoms with Crippen molar-refractivity contribution in [1.29, 1.82) is 0 Å². The predicted molar refractivity (Wildman–Crippen MR) is 89.2 cm³/mol. The van der Waals surface area contributed by atoms with Crippen LogP contribution in [0.2, 0.25) is 5.02 Å². The summed E-state index contributed by atoms with van der Waals surface area (Å²) in [6, 6.07) is 16.9. The van der Waals surface area contributed by atoms with E-state index in [4.69, 9.17) is 16.3 Å². The van der Waals surface area contributed by atoms with E-state index in [1.807, 2.05) is 37.3 Å². The fourth-order valence-electron chi connectivity index (χ4n) is 2.19.